The third kappa shape index (κ3) is 3.91. The van der Waals surface area contributed by atoms with E-state index in [0.717, 1.165) is 16.7 Å². The molecule has 5 heteroatoms. The van der Waals surface area contributed by atoms with E-state index in [0.29, 0.717) is 0 Å². The lowest BCUT2D eigenvalue weighted by atomic mass is 9.94. The topological polar surface area (TPSA) is 72.5 Å². The summed E-state index contributed by atoms with van der Waals surface area (Å²) >= 11 is 0. The Labute approximate surface area is 107 Å². The number of ether oxygens (including phenoxy) is 1. The van der Waals surface area contributed by atoms with Gasteiger partial charge in [-0.15, -0.1) is 12.4 Å². The molecule has 17 heavy (non-hydrogen) atoms. The summed E-state index contributed by atoms with van der Waals surface area (Å²) in [4.78, 5) is 11.1. The molecule has 0 spiro atoms. The second-order valence-corrected chi connectivity index (χ2v) is 3.88. The minimum atomic E-state index is -0.395. The second kappa shape index (κ2) is 6.47. The molecule has 0 aliphatic rings. The number of hydrogen-bond acceptors (Lipinski definition) is 4. The van der Waals surface area contributed by atoms with E-state index < -0.39 is 6.04 Å². The molecular formula is C12H18ClNO3. The monoisotopic (exact) mass is 259 g/mol. The number of methoxy groups -OCH3 is 1. The largest absolute Gasteiger partial charge is 0.508 e. The maximum absolute atomic E-state index is 11.1. The fraction of sp³-hybridized carbons (Fsp3) is 0.417. The van der Waals surface area contributed by atoms with Crippen molar-refractivity contribution in [3.8, 4) is 5.75 Å². The zero-order valence-corrected chi connectivity index (χ0v) is 11.0. The van der Waals surface area contributed by atoms with E-state index in [1.54, 1.807) is 12.1 Å². The van der Waals surface area contributed by atoms with Gasteiger partial charge in [-0.1, -0.05) is 0 Å². The molecule has 0 amide bonds. The first-order valence-electron chi connectivity index (χ1n) is 5.08. The van der Waals surface area contributed by atoms with Gasteiger partial charge >= 0.3 is 5.97 Å². The van der Waals surface area contributed by atoms with Crippen LogP contribution in [0, 0.1) is 13.8 Å². The normalized spacial score (nSPS) is 11.5. The minimum Gasteiger partial charge on any atom is -0.508 e. The summed E-state index contributed by atoms with van der Waals surface area (Å²) in [6.07, 6.45) is 0.142. The SMILES string of the molecule is COC(=O)C[C@H](N)c1c(C)cc(O)cc1C.Cl. The molecule has 0 heterocycles. The molecular weight excluding hydrogens is 242 g/mol. The number of phenols is 1. The first-order valence-corrected chi connectivity index (χ1v) is 5.08. The van der Waals surface area contributed by atoms with Gasteiger partial charge in [0, 0.05) is 6.04 Å². The smallest absolute Gasteiger partial charge is 0.307 e. The van der Waals surface area contributed by atoms with E-state index in [1.165, 1.54) is 7.11 Å². The van der Waals surface area contributed by atoms with E-state index in [-0.39, 0.29) is 30.5 Å². The lowest BCUT2D eigenvalue weighted by molar-refractivity contribution is -0.141. The molecule has 0 aliphatic carbocycles. The molecule has 0 bridgehead atoms. The van der Waals surface area contributed by atoms with Gasteiger partial charge in [0.25, 0.3) is 0 Å². The number of phenolic OH excluding ortho intramolecular Hbond substituents is 1. The summed E-state index contributed by atoms with van der Waals surface area (Å²) in [6, 6.07) is 2.88. The van der Waals surface area contributed by atoms with Crippen LogP contribution < -0.4 is 5.73 Å². The number of carbonyl (C=O) groups excluding carboxylic acids is 1. The van der Waals surface area contributed by atoms with Crippen molar-refractivity contribution >= 4 is 18.4 Å². The van der Waals surface area contributed by atoms with Crippen molar-refractivity contribution in [1.29, 1.82) is 0 Å². The van der Waals surface area contributed by atoms with Crippen LogP contribution in [0.25, 0.3) is 0 Å². The highest BCUT2D eigenvalue weighted by Gasteiger charge is 2.16. The van der Waals surface area contributed by atoms with Crippen molar-refractivity contribution in [3.63, 3.8) is 0 Å². The van der Waals surface area contributed by atoms with E-state index in [4.69, 9.17) is 5.73 Å². The first-order chi connectivity index (χ1) is 7.45. The van der Waals surface area contributed by atoms with E-state index in [1.807, 2.05) is 13.8 Å². The summed E-state index contributed by atoms with van der Waals surface area (Å²) in [5.41, 5.74) is 8.60. The summed E-state index contributed by atoms with van der Waals surface area (Å²) < 4.78 is 4.58. The number of benzene rings is 1. The average Bonchev–Trinajstić information content (AvgIpc) is 2.15. The predicted molar refractivity (Wildman–Crippen MR) is 68.4 cm³/mol. The Kier molecular flexibility index (Phi) is 5.99. The summed E-state index contributed by atoms with van der Waals surface area (Å²) in [5.74, 6) is -0.122. The van der Waals surface area contributed by atoms with Crippen molar-refractivity contribution < 1.29 is 14.6 Å². The summed E-state index contributed by atoms with van der Waals surface area (Å²) in [5, 5.41) is 9.40. The van der Waals surface area contributed by atoms with Gasteiger partial charge in [0.1, 0.15) is 5.75 Å². The highest BCUT2D eigenvalue weighted by molar-refractivity contribution is 5.85. The van der Waals surface area contributed by atoms with Crippen LogP contribution in [-0.2, 0) is 9.53 Å². The fourth-order valence-electron chi connectivity index (χ4n) is 1.90. The van der Waals surface area contributed by atoms with Crippen LogP contribution in [0.5, 0.6) is 5.75 Å². The van der Waals surface area contributed by atoms with Crippen LogP contribution in [0.1, 0.15) is 29.2 Å². The van der Waals surface area contributed by atoms with Gasteiger partial charge in [-0.3, -0.25) is 4.79 Å². The molecule has 0 unspecified atom stereocenters. The highest BCUT2D eigenvalue weighted by atomic mass is 35.5. The van der Waals surface area contributed by atoms with Gasteiger partial charge in [-0.05, 0) is 42.7 Å². The van der Waals surface area contributed by atoms with Crippen LogP contribution in [0.4, 0.5) is 0 Å². The molecule has 3 N–H and O–H groups in total. The van der Waals surface area contributed by atoms with Crippen LogP contribution in [0.3, 0.4) is 0 Å². The molecule has 0 aromatic heterocycles. The number of aromatic hydroxyl groups is 1. The van der Waals surface area contributed by atoms with Gasteiger partial charge in [0.05, 0.1) is 13.5 Å². The molecule has 1 aromatic carbocycles. The van der Waals surface area contributed by atoms with E-state index in [9.17, 15) is 9.90 Å². The van der Waals surface area contributed by atoms with Gasteiger partial charge in [0.2, 0.25) is 0 Å². The number of nitrogens with two attached hydrogens (primary N) is 1. The Morgan fingerprint density at radius 2 is 1.88 bits per heavy atom. The van der Waals surface area contributed by atoms with Crippen LogP contribution in [0.15, 0.2) is 12.1 Å². The average molecular weight is 260 g/mol. The molecule has 96 valence electrons. The first kappa shape index (κ1) is 15.7. The molecule has 0 aliphatic heterocycles. The lowest BCUT2D eigenvalue weighted by Crippen LogP contribution is -2.18. The fourth-order valence-corrected chi connectivity index (χ4v) is 1.90. The molecule has 0 saturated heterocycles. The molecule has 0 saturated carbocycles. The van der Waals surface area contributed by atoms with Gasteiger partial charge in [0.15, 0.2) is 0 Å². The van der Waals surface area contributed by atoms with Gasteiger partial charge in [-0.2, -0.15) is 0 Å². The predicted octanol–water partition coefficient (Wildman–Crippen LogP) is 1.99. The third-order valence-electron chi connectivity index (χ3n) is 2.56. The standard InChI is InChI=1S/C12H17NO3.ClH/c1-7-4-9(14)5-8(2)12(7)10(13)6-11(15)16-3;/h4-5,10,14H,6,13H2,1-3H3;1H/t10-;/m0./s1. The summed E-state index contributed by atoms with van der Waals surface area (Å²) in [6.45, 7) is 3.72. The minimum absolute atomic E-state index is 0. The lowest BCUT2D eigenvalue weighted by Gasteiger charge is -2.16. The molecule has 1 atom stereocenters. The van der Waals surface area contributed by atoms with Crippen LogP contribution in [-0.4, -0.2) is 18.2 Å². The number of aryl methyl sites for hydroxylation is 2. The van der Waals surface area contributed by atoms with Crippen molar-refractivity contribution in [2.24, 2.45) is 5.73 Å². The van der Waals surface area contributed by atoms with Crippen LogP contribution in [0.2, 0.25) is 0 Å². The third-order valence-corrected chi connectivity index (χ3v) is 2.56. The van der Waals surface area contributed by atoms with Crippen molar-refractivity contribution in [1.82, 2.24) is 0 Å². The highest BCUT2D eigenvalue weighted by Crippen LogP contribution is 2.26. The Morgan fingerprint density at radius 3 is 2.29 bits per heavy atom. The van der Waals surface area contributed by atoms with E-state index >= 15 is 0 Å². The van der Waals surface area contributed by atoms with Crippen molar-refractivity contribution in [2.45, 2.75) is 26.3 Å². The number of hydrogen-bond donors (Lipinski definition) is 2. The Morgan fingerprint density at radius 1 is 1.41 bits per heavy atom. The molecule has 1 rings (SSSR count). The number of halogens is 1. The maximum Gasteiger partial charge on any atom is 0.307 e. The van der Waals surface area contributed by atoms with Gasteiger partial charge in [-0.25, -0.2) is 0 Å². The quantitative estimate of drug-likeness (QED) is 0.815. The number of esters is 1. The Balaban J connectivity index is 0.00000256. The second-order valence-electron chi connectivity index (χ2n) is 3.88. The summed E-state index contributed by atoms with van der Waals surface area (Å²) in [7, 11) is 1.34. The maximum atomic E-state index is 11.1. The molecule has 0 fully saturated rings. The zero-order chi connectivity index (χ0) is 12.3. The van der Waals surface area contributed by atoms with E-state index in [2.05, 4.69) is 4.74 Å². The zero-order valence-electron chi connectivity index (χ0n) is 10.2. The molecule has 4 nitrogen and oxygen atoms in total. The van der Waals surface area contributed by atoms with Crippen molar-refractivity contribution in [3.05, 3.63) is 28.8 Å². The van der Waals surface area contributed by atoms with Crippen molar-refractivity contribution in [2.75, 3.05) is 7.11 Å². The molecule has 0 radical (unpaired) electrons. The Bertz CT molecular complexity index is 384. The van der Waals surface area contributed by atoms with Gasteiger partial charge < -0.3 is 15.6 Å². The van der Waals surface area contributed by atoms with Crippen LogP contribution >= 0.6 is 12.4 Å². The molecule has 1 aromatic rings. The Hall–Kier alpha value is -1.26. The number of carbonyl (C=O) groups is 1. The number of rotatable bonds is 3.